The molecule has 1 fully saturated rings. The van der Waals surface area contributed by atoms with Crippen LogP contribution in [0.4, 0.5) is 0 Å². The Kier molecular flexibility index (Phi) is 4.55. The Hall–Kier alpha value is -2.44. The molecule has 1 aliphatic rings. The van der Waals surface area contributed by atoms with Gasteiger partial charge in [-0.1, -0.05) is 6.07 Å². The van der Waals surface area contributed by atoms with Crippen molar-refractivity contribution in [1.82, 2.24) is 15.2 Å². The molecule has 0 bridgehead atoms. The van der Waals surface area contributed by atoms with Crippen LogP contribution in [0.1, 0.15) is 16.8 Å². The van der Waals surface area contributed by atoms with Crippen molar-refractivity contribution in [2.45, 2.75) is 18.5 Å². The van der Waals surface area contributed by atoms with Gasteiger partial charge in [0.05, 0.1) is 6.04 Å². The molecule has 0 radical (unpaired) electrons. The maximum atomic E-state index is 12.3. The van der Waals surface area contributed by atoms with E-state index in [4.69, 9.17) is 5.73 Å². The summed E-state index contributed by atoms with van der Waals surface area (Å²) in [7, 11) is 0. The lowest BCUT2D eigenvalue weighted by Gasteiger charge is -2.30. The van der Waals surface area contributed by atoms with Crippen molar-refractivity contribution in [3.8, 4) is 5.69 Å². The molecule has 23 heavy (non-hydrogen) atoms. The summed E-state index contributed by atoms with van der Waals surface area (Å²) >= 11 is 0. The first-order valence-electron chi connectivity index (χ1n) is 7.70. The second-order valence-corrected chi connectivity index (χ2v) is 5.69. The van der Waals surface area contributed by atoms with Crippen molar-refractivity contribution in [2.24, 2.45) is 5.73 Å². The average molecular weight is 312 g/mol. The highest BCUT2D eigenvalue weighted by molar-refractivity contribution is 5.94. The Labute approximate surface area is 134 Å². The largest absolute Gasteiger partial charge is 0.346 e. The number of pyridine rings is 1. The fourth-order valence-corrected chi connectivity index (χ4v) is 2.70. The van der Waals surface area contributed by atoms with Gasteiger partial charge >= 0.3 is 0 Å². The van der Waals surface area contributed by atoms with Crippen LogP contribution >= 0.6 is 0 Å². The number of hydrogen-bond acceptors (Lipinski definition) is 4. The summed E-state index contributed by atoms with van der Waals surface area (Å²) in [5, 5.41) is 6.19. The molecule has 2 aromatic rings. The molecule has 0 saturated carbocycles. The van der Waals surface area contributed by atoms with Crippen LogP contribution in [0.2, 0.25) is 0 Å². The molecule has 1 aromatic heterocycles. The first kappa shape index (κ1) is 15.5. The van der Waals surface area contributed by atoms with E-state index < -0.39 is 0 Å². The van der Waals surface area contributed by atoms with Crippen LogP contribution in [0, 0.1) is 0 Å². The van der Waals surface area contributed by atoms with Gasteiger partial charge in [0.15, 0.2) is 0 Å². The lowest BCUT2D eigenvalue weighted by Crippen LogP contribution is -2.57. The third-order valence-electron chi connectivity index (χ3n) is 4.08. The average Bonchev–Trinajstić information content (AvgIpc) is 2.57. The number of amides is 1. The molecule has 0 unspecified atom stereocenters. The van der Waals surface area contributed by atoms with Gasteiger partial charge in [-0.25, -0.2) is 0 Å². The summed E-state index contributed by atoms with van der Waals surface area (Å²) in [6.45, 7) is 1.57. The monoisotopic (exact) mass is 312 g/mol. The van der Waals surface area contributed by atoms with Gasteiger partial charge in [-0.15, -0.1) is 0 Å². The zero-order chi connectivity index (χ0) is 16.2. The quantitative estimate of drug-likeness (QED) is 0.758. The van der Waals surface area contributed by atoms with E-state index in [0.29, 0.717) is 12.1 Å². The Morgan fingerprint density at radius 3 is 2.70 bits per heavy atom. The molecule has 1 amide bonds. The number of nitrogens with zero attached hydrogens (tertiary/aromatic N) is 1. The van der Waals surface area contributed by atoms with Crippen molar-refractivity contribution >= 4 is 5.91 Å². The highest BCUT2D eigenvalue weighted by Crippen LogP contribution is 2.09. The SMILES string of the molecule is N[C@H]1CCNC[C@H]1NC(=O)c1ccc(-n2ccccc2=O)cc1. The van der Waals surface area contributed by atoms with E-state index in [9.17, 15) is 9.59 Å². The second kappa shape index (κ2) is 6.76. The van der Waals surface area contributed by atoms with Crippen LogP contribution in [-0.2, 0) is 0 Å². The molecule has 0 spiro atoms. The molecular formula is C17H20N4O2. The maximum Gasteiger partial charge on any atom is 0.255 e. The van der Waals surface area contributed by atoms with Gasteiger partial charge in [-0.05, 0) is 43.3 Å². The number of nitrogens with two attached hydrogens (primary N) is 1. The maximum absolute atomic E-state index is 12.3. The van der Waals surface area contributed by atoms with Crippen LogP contribution in [0.3, 0.4) is 0 Å². The summed E-state index contributed by atoms with van der Waals surface area (Å²) in [6.07, 6.45) is 2.55. The van der Waals surface area contributed by atoms with E-state index in [1.54, 1.807) is 42.6 Å². The highest BCUT2D eigenvalue weighted by atomic mass is 16.1. The first-order chi connectivity index (χ1) is 11.1. The van der Waals surface area contributed by atoms with Crippen LogP contribution in [0.25, 0.3) is 5.69 Å². The van der Waals surface area contributed by atoms with E-state index in [2.05, 4.69) is 10.6 Å². The van der Waals surface area contributed by atoms with Crippen LogP contribution in [-0.4, -0.2) is 35.6 Å². The van der Waals surface area contributed by atoms with Crippen molar-refractivity contribution in [3.05, 3.63) is 64.6 Å². The van der Waals surface area contributed by atoms with Gasteiger partial charge in [-0.2, -0.15) is 0 Å². The topological polar surface area (TPSA) is 89.2 Å². The third kappa shape index (κ3) is 3.49. The number of hydrogen-bond donors (Lipinski definition) is 3. The smallest absolute Gasteiger partial charge is 0.255 e. The summed E-state index contributed by atoms with van der Waals surface area (Å²) in [5.74, 6) is -0.152. The van der Waals surface area contributed by atoms with Crippen molar-refractivity contribution < 1.29 is 4.79 Å². The van der Waals surface area contributed by atoms with Crippen molar-refractivity contribution in [1.29, 1.82) is 0 Å². The fraction of sp³-hybridized carbons (Fsp3) is 0.294. The minimum Gasteiger partial charge on any atom is -0.346 e. The zero-order valence-electron chi connectivity index (χ0n) is 12.7. The summed E-state index contributed by atoms with van der Waals surface area (Å²) in [5.41, 5.74) is 7.20. The van der Waals surface area contributed by atoms with Crippen LogP contribution in [0.15, 0.2) is 53.5 Å². The van der Waals surface area contributed by atoms with E-state index in [1.165, 1.54) is 10.6 Å². The number of rotatable bonds is 3. The number of nitrogens with one attached hydrogen (secondary N) is 2. The van der Waals surface area contributed by atoms with E-state index >= 15 is 0 Å². The standard InChI is InChI=1S/C17H20N4O2/c18-14-8-9-19-11-15(14)20-17(23)12-4-6-13(7-5-12)21-10-2-1-3-16(21)22/h1-7,10,14-15,19H,8-9,11,18H2,(H,20,23)/t14-,15+/m0/s1. The Balaban J connectivity index is 1.73. The number of carbonyl (C=O) groups excluding carboxylic acids is 1. The molecule has 1 saturated heterocycles. The van der Waals surface area contributed by atoms with Crippen molar-refractivity contribution in [3.63, 3.8) is 0 Å². The fourth-order valence-electron chi connectivity index (χ4n) is 2.70. The van der Waals surface area contributed by atoms with Gasteiger partial charge in [-0.3, -0.25) is 14.2 Å². The van der Waals surface area contributed by atoms with Crippen molar-refractivity contribution in [2.75, 3.05) is 13.1 Å². The van der Waals surface area contributed by atoms with Gasteiger partial charge < -0.3 is 16.4 Å². The van der Waals surface area contributed by atoms with Gasteiger partial charge in [0.2, 0.25) is 0 Å². The molecule has 0 aliphatic carbocycles. The first-order valence-corrected chi connectivity index (χ1v) is 7.70. The van der Waals surface area contributed by atoms with Crippen LogP contribution < -0.4 is 21.9 Å². The Bertz CT molecular complexity index is 739. The predicted octanol–water partition coefficient (Wildman–Crippen LogP) is 0.257. The number of carbonyl (C=O) groups is 1. The van der Waals surface area contributed by atoms with Crippen LogP contribution in [0.5, 0.6) is 0 Å². The third-order valence-corrected chi connectivity index (χ3v) is 4.08. The van der Waals surface area contributed by atoms with Gasteiger partial charge in [0, 0.05) is 36.1 Å². The number of piperidine rings is 1. The molecule has 6 heteroatoms. The highest BCUT2D eigenvalue weighted by Gasteiger charge is 2.23. The minimum atomic E-state index is -0.152. The minimum absolute atomic E-state index is 0.0256. The molecular weight excluding hydrogens is 292 g/mol. The molecule has 120 valence electrons. The van der Waals surface area contributed by atoms with Gasteiger partial charge in [0.25, 0.3) is 11.5 Å². The predicted molar refractivity (Wildman–Crippen MR) is 88.8 cm³/mol. The van der Waals surface area contributed by atoms with E-state index in [0.717, 1.165) is 18.7 Å². The van der Waals surface area contributed by atoms with Gasteiger partial charge in [0.1, 0.15) is 0 Å². The molecule has 4 N–H and O–H groups in total. The van der Waals surface area contributed by atoms with E-state index in [-0.39, 0.29) is 23.6 Å². The number of benzene rings is 1. The number of aromatic nitrogens is 1. The Morgan fingerprint density at radius 1 is 1.22 bits per heavy atom. The van der Waals surface area contributed by atoms with E-state index in [1.807, 2.05) is 0 Å². The molecule has 3 rings (SSSR count). The summed E-state index contributed by atoms with van der Waals surface area (Å²) < 4.78 is 1.53. The molecule has 1 aromatic carbocycles. The molecule has 2 atom stereocenters. The lowest BCUT2D eigenvalue weighted by molar-refractivity contribution is 0.0925. The molecule has 1 aliphatic heterocycles. The molecule has 2 heterocycles. The lowest BCUT2D eigenvalue weighted by atomic mass is 10.0. The normalized spacial score (nSPS) is 20.9. The summed E-state index contributed by atoms with van der Waals surface area (Å²) in [4.78, 5) is 24.1. The zero-order valence-corrected chi connectivity index (χ0v) is 12.7. The summed E-state index contributed by atoms with van der Waals surface area (Å²) in [6, 6.07) is 11.8. The Morgan fingerprint density at radius 2 is 2.00 bits per heavy atom. The molecule has 6 nitrogen and oxygen atoms in total. The second-order valence-electron chi connectivity index (χ2n) is 5.69.